The van der Waals surface area contributed by atoms with Crippen molar-refractivity contribution >= 4 is 0 Å². The fourth-order valence-electron chi connectivity index (χ4n) is 3.93. The van der Waals surface area contributed by atoms with Gasteiger partial charge >= 0.3 is 6.18 Å². The van der Waals surface area contributed by atoms with Crippen LogP contribution in [0.1, 0.15) is 67.3 Å². The minimum Gasteiger partial charge on any atom is -0.342 e. The molecule has 202 valence electrons. The fraction of sp³-hybridized carbons (Fsp3) is 0.452. The maximum absolute atomic E-state index is 12.6. The Hall–Kier alpha value is -2.86. The van der Waals surface area contributed by atoms with E-state index in [2.05, 4.69) is 67.3 Å². The molecule has 3 nitrogen and oxygen atoms in total. The Morgan fingerprint density at radius 1 is 0.973 bits per heavy atom. The molecule has 6 heteroatoms. The number of rotatable bonds is 3. The average molecular weight is 514 g/mol. The summed E-state index contributed by atoms with van der Waals surface area (Å²) in [6.07, 6.45) is -1.90. The van der Waals surface area contributed by atoms with Gasteiger partial charge in [0.05, 0.1) is 11.3 Å². The normalized spacial score (nSPS) is 14.3. The number of imidazole rings is 1. The van der Waals surface area contributed by atoms with E-state index < -0.39 is 11.7 Å². The van der Waals surface area contributed by atoms with Crippen LogP contribution < -0.4 is 0 Å². The summed E-state index contributed by atoms with van der Waals surface area (Å²) in [6.45, 7) is 21.1. The Balaban J connectivity index is 0.000000306. The predicted octanol–water partition coefficient (Wildman–Crippen LogP) is 8.83. The molecule has 0 amide bonds. The lowest BCUT2D eigenvalue weighted by Crippen LogP contribution is -2.32. The zero-order chi connectivity index (χ0) is 27.8. The van der Waals surface area contributed by atoms with Gasteiger partial charge in [0.1, 0.15) is 5.82 Å². The number of likely N-dealkylation sites (tertiary alicyclic amines) is 1. The minimum atomic E-state index is -4.31. The summed E-state index contributed by atoms with van der Waals surface area (Å²) >= 11 is 0. The predicted molar refractivity (Wildman–Crippen MR) is 149 cm³/mol. The second-order valence-corrected chi connectivity index (χ2v) is 10.5. The lowest BCUT2D eigenvalue weighted by Gasteiger charge is -2.29. The van der Waals surface area contributed by atoms with Crippen molar-refractivity contribution < 1.29 is 13.2 Å². The van der Waals surface area contributed by atoms with Crippen LogP contribution in [0.15, 0.2) is 54.6 Å². The SMILES string of the molecule is C=C(C)C.Cc1[nH]c(-c2ccc(C(F)(F)F)cc2)nc1CN1CCC(C)CC1.Cc1ccc(C)c(C)c1. The van der Waals surface area contributed by atoms with Gasteiger partial charge in [-0.3, -0.25) is 4.90 Å². The van der Waals surface area contributed by atoms with Gasteiger partial charge < -0.3 is 4.98 Å². The Kier molecular flexibility index (Phi) is 11.2. The van der Waals surface area contributed by atoms with Crippen LogP contribution in [0.4, 0.5) is 13.2 Å². The van der Waals surface area contributed by atoms with Crippen LogP contribution in [0.25, 0.3) is 11.4 Å². The van der Waals surface area contributed by atoms with Crippen LogP contribution in [0, 0.1) is 33.6 Å². The largest absolute Gasteiger partial charge is 0.416 e. The topological polar surface area (TPSA) is 31.9 Å². The molecule has 1 N–H and O–H groups in total. The third kappa shape index (κ3) is 10.2. The van der Waals surface area contributed by atoms with Crippen molar-refractivity contribution in [3.05, 3.63) is 88.3 Å². The second-order valence-electron chi connectivity index (χ2n) is 10.5. The van der Waals surface area contributed by atoms with Crippen molar-refractivity contribution in [2.75, 3.05) is 13.1 Å². The third-order valence-electron chi connectivity index (χ3n) is 6.38. The van der Waals surface area contributed by atoms with Crippen molar-refractivity contribution in [1.29, 1.82) is 0 Å². The summed E-state index contributed by atoms with van der Waals surface area (Å²) in [6, 6.07) is 11.6. The maximum atomic E-state index is 12.6. The third-order valence-corrected chi connectivity index (χ3v) is 6.38. The Bertz CT molecular complexity index is 1130. The van der Waals surface area contributed by atoms with Crippen LogP contribution in [0.2, 0.25) is 0 Å². The molecule has 0 atom stereocenters. The quantitative estimate of drug-likeness (QED) is 0.355. The number of halogens is 3. The molecule has 0 unspecified atom stereocenters. The van der Waals surface area contributed by atoms with Crippen molar-refractivity contribution in [2.24, 2.45) is 5.92 Å². The Labute approximate surface area is 220 Å². The molecule has 0 aliphatic carbocycles. The lowest BCUT2D eigenvalue weighted by molar-refractivity contribution is -0.137. The van der Waals surface area contributed by atoms with E-state index in [9.17, 15) is 13.2 Å². The lowest BCUT2D eigenvalue weighted by atomic mass is 9.99. The van der Waals surface area contributed by atoms with Crippen molar-refractivity contribution in [2.45, 2.75) is 74.0 Å². The van der Waals surface area contributed by atoms with Gasteiger partial charge in [-0.2, -0.15) is 13.2 Å². The highest BCUT2D eigenvalue weighted by molar-refractivity contribution is 5.56. The highest BCUT2D eigenvalue weighted by Gasteiger charge is 2.30. The summed E-state index contributed by atoms with van der Waals surface area (Å²) in [5, 5.41) is 0. The molecule has 37 heavy (non-hydrogen) atoms. The average Bonchev–Trinajstić information content (AvgIpc) is 3.18. The molecule has 0 spiro atoms. The number of hydrogen-bond acceptors (Lipinski definition) is 2. The number of alkyl halides is 3. The molecule has 1 saturated heterocycles. The first-order valence-corrected chi connectivity index (χ1v) is 12.9. The molecule has 1 aromatic heterocycles. The van der Waals surface area contributed by atoms with Gasteiger partial charge in [0.15, 0.2) is 0 Å². The maximum Gasteiger partial charge on any atom is 0.416 e. The number of aromatic amines is 1. The van der Waals surface area contributed by atoms with E-state index in [1.54, 1.807) is 0 Å². The summed E-state index contributed by atoms with van der Waals surface area (Å²) in [5.74, 6) is 1.41. The Morgan fingerprint density at radius 3 is 2.03 bits per heavy atom. The molecule has 0 radical (unpaired) electrons. The van der Waals surface area contributed by atoms with Crippen LogP contribution in [-0.4, -0.2) is 28.0 Å². The number of aromatic nitrogens is 2. The van der Waals surface area contributed by atoms with Crippen molar-refractivity contribution in [3.8, 4) is 11.4 Å². The first-order valence-electron chi connectivity index (χ1n) is 12.9. The van der Waals surface area contributed by atoms with Gasteiger partial charge in [0.2, 0.25) is 0 Å². The van der Waals surface area contributed by atoms with Crippen LogP contribution >= 0.6 is 0 Å². The van der Waals surface area contributed by atoms with E-state index in [1.165, 1.54) is 47.2 Å². The summed E-state index contributed by atoms with van der Waals surface area (Å²) in [5.41, 5.74) is 7.25. The molecule has 2 aromatic carbocycles. The monoisotopic (exact) mass is 513 g/mol. The standard InChI is InChI=1S/C18H22F3N3.C9H12.C4H8/c1-12-7-9-24(10-8-12)11-16-13(2)22-17(23-16)14-3-5-15(6-4-14)18(19,20)21;1-7-4-5-8(2)9(3)6-7;1-4(2)3/h3-6,12H,7-11H2,1-2H3,(H,22,23);4-6H,1-3H3;1H2,2-3H3. The number of nitrogens with one attached hydrogen (secondary N) is 1. The number of benzene rings is 2. The van der Waals surface area contributed by atoms with Crippen LogP contribution in [0.5, 0.6) is 0 Å². The van der Waals surface area contributed by atoms with Gasteiger partial charge in [-0.05, 0) is 96.7 Å². The van der Waals surface area contributed by atoms with Crippen molar-refractivity contribution in [3.63, 3.8) is 0 Å². The number of nitrogens with zero attached hydrogens (tertiary/aromatic N) is 2. The first kappa shape index (κ1) is 30.4. The van der Waals surface area contributed by atoms with Crippen LogP contribution in [0.3, 0.4) is 0 Å². The van der Waals surface area contributed by atoms with Gasteiger partial charge in [0.25, 0.3) is 0 Å². The highest BCUT2D eigenvalue weighted by Crippen LogP contribution is 2.30. The molecule has 2 heterocycles. The van der Waals surface area contributed by atoms with Crippen molar-refractivity contribution in [1.82, 2.24) is 14.9 Å². The summed E-state index contributed by atoms with van der Waals surface area (Å²) in [7, 11) is 0. The number of aryl methyl sites for hydroxylation is 4. The molecular formula is C31H42F3N3. The zero-order valence-electron chi connectivity index (χ0n) is 23.4. The molecule has 1 aliphatic rings. The Morgan fingerprint density at radius 2 is 1.54 bits per heavy atom. The van der Waals surface area contributed by atoms with E-state index in [0.717, 1.165) is 49.1 Å². The van der Waals surface area contributed by atoms with E-state index in [-0.39, 0.29) is 0 Å². The second kappa shape index (κ2) is 13.6. The van der Waals surface area contributed by atoms with E-state index in [1.807, 2.05) is 20.8 Å². The number of allylic oxidation sites excluding steroid dienone is 1. The van der Waals surface area contributed by atoms with Gasteiger partial charge in [-0.15, -0.1) is 6.58 Å². The van der Waals surface area contributed by atoms with E-state index in [4.69, 9.17) is 0 Å². The van der Waals surface area contributed by atoms with Gasteiger partial charge in [0, 0.05) is 17.8 Å². The molecule has 4 rings (SSSR count). The van der Waals surface area contributed by atoms with E-state index in [0.29, 0.717) is 11.4 Å². The highest BCUT2D eigenvalue weighted by atomic mass is 19.4. The number of H-pyrrole nitrogens is 1. The fourth-order valence-corrected chi connectivity index (χ4v) is 3.93. The molecular weight excluding hydrogens is 471 g/mol. The zero-order valence-corrected chi connectivity index (χ0v) is 23.4. The molecule has 0 bridgehead atoms. The molecule has 3 aromatic rings. The smallest absolute Gasteiger partial charge is 0.342 e. The summed E-state index contributed by atoms with van der Waals surface area (Å²) in [4.78, 5) is 10.2. The van der Waals surface area contributed by atoms with Crippen LogP contribution in [-0.2, 0) is 12.7 Å². The molecule has 1 aliphatic heterocycles. The molecule has 0 saturated carbocycles. The summed E-state index contributed by atoms with van der Waals surface area (Å²) < 4.78 is 37.9. The van der Waals surface area contributed by atoms with Gasteiger partial charge in [-0.1, -0.05) is 48.4 Å². The number of piperidine rings is 1. The first-order chi connectivity index (χ1) is 17.3. The van der Waals surface area contributed by atoms with E-state index >= 15 is 0 Å². The van der Waals surface area contributed by atoms with Gasteiger partial charge in [-0.25, -0.2) is 4.98 Å². The molecule has 1 fully saturated rings. The number of hydrogen-bond donors (Lipinski definition) is 1. The minimum absolute atomic E-state index is 0.626.